The molecule has 1 aromatic heterocycles. The Morgan fingerprint density at radius 3 is 2.76 bits per heavy atom. The number of likely N-dealkylation sites (tertiary alicyclic amines) is 1. The molecule has 116 valence electrons. The number of nitrogens with zero attached hydrogens (tertiary/aromatic N) is 3. The standard InChI is InChI=1S/C16H26N4O/c1-12(2)9-19-7-6-17-15(19)8-18-16(21)20-10-13-4-3-5-14(13)11-20/h6-7,12-14H,3-5,8-11H2,1-2H3,(H,18,21)/t13-,14-/m0/s1. The molecule has 0 unspecified atom stereocenters. The quantitative estimate of drug-likeness (QED) is 0.926. The van der Waals surface area contributed by atoms with Gasteiger partial charge >= 0.3 is 6.03 Å². The first-order valence-electron chi connectivity index (χ1n) is 8.16. The smallest absolute Gasteiger partial charge is 0.317 e. The first kappa shape index (κ1) is 14.4. The highest BCUT2D eigenvalue weighted by atomic mass is 16.2. The highest BCUT2D eigenvalue weighted by Gasteiger charge is 2.37. The number of imidazole rings is 1. The van der Waals surface area contributed by atoms with Crippen molar-refractivity contribution < 1.29 is 4.79 Å². The second-order valence-electron chi connectivity index (χ2n) is 6.90. The molecular formula is C16H26N4O. The third kappa shape index (κ3) is 3.22. The molecule has 1 saturated carbocycles. The first-order valence-corrected chi connectivity index (χ1v) is 8.16. The zero-order valence-electron chi connectivity index (χ0n) is 13.1. The van der Waals surface area contributed by atoms with Crippen LogP contribution < -0.4 is 5.32 Å². The summed E-state index contributed by atoms with van der Waals surface area (Å²) >= 11 is 0. The number of carbonyl (C=O) groups is 1. The minimum absolute atomic E-state index is 0.0727. The third-order valence-corrected chi connectivity index (χ3v) is 4.77. The van der Waals surface area contributed by atoms with Gasteiger partial charge in [0.25, 0.3) is 0 Å². The Morgan fingerprint density at radius 2 is 2.10 bits per heavy atom. The monoisotopic (exact) mass is 290 g/mol. The minimum Gasteiger partial charge on any atom is -0.333 e. The van der Waals surface area contributed by atoms with Crippen LogP contribution in [0.5, 0.6) is 0 Å². The van der Waals surface area contributed by atoms with Gasteiger partial charge in [0.1, 0.15) is 5.82 Å². The van der Waals surface area contributed by atoms with Crippen molar-refractivity contribution in [2.75, 3.05) is 13.1 Å². The van der Waals surface area contributed by atoms with Crippen LogP contribution in [0.25, 0.3) is 0 Å². The second kappa shape index (κ2) is 6.08. The van der Waals surface area contributed by atoms with E-state index >= 15 is 0 Å². The summed E-state index contributed by atoms with van der Waals surface area (Å²) in [7, 11) is 0. The van der Waals surface area contributed by atoms with E-state index in [0.717, 1.165) is 37.3 Å². The zero-order chi connectivity index (χ0) is 14.8. The van der Waals surface area contributed by atoms with E-state index in [1.54, 1.807) is 0 Å². The molecule has 1 aromatic rings. The maximum Gasteiger partial charge on any atom is 0.317 e. The van der Waals surface area contributed by atoms with Gasteiger partial charge in [-0.2, -0.15) is 0 Å². The van der Waals surface area contributed by atoms with Crippen molar-refractivity contribution in [3.63, 3.8) is 0 Å². The number of carbonyl (C=O) groups excluding carboxylic acids is 1. The number of rotatable bonds is 4. The van der Waals surface area contributed by atoms with E-state index in [9.17, 15) is 4.79 Å². The fraction of sp³-hybridized carbons (Fsp3) is 0.750. The average molecular weight is 290 g/mol. The fourth-order valence-corrected chi connectivity index (χ4v) is 3.73. The largest absolute Gasteiger partial charge is 0.333 e. The van der Waals surface area contributed by atoms with E-state index in [4.69, 9.17) is 0 Å². The Balaban J connectivity index is 1.51. The van der Waals surface area contributed by atoms with E-state index < -0.39 is 0 Å². The molecule has 0 spiro atoms. The van der Waals surface area contributed by atoms with Gasteiger partial charge < -0.3 is 14.8 Å². The highest BCUT2D eigenvalue weighted by Crippen LogP contribution is 2.37. The molecule has 2 atom stereocenters. The molecule has 5 nitrogen and oxygen atoms in total. The third-order valence-electron chi connectivity index (χ3n) is 4.77. The van der Waals surface area contributed by atoms with Crippen LogP contribution in [0.15, 0.2) is 12.4 Å². The van der Waals surface area contributed by atoms with Gasteiger partial charge in [-0.1, -0.05) is 20.3 Å². The summed E-state index contributed by atoms with van der Waals surface area (Å²) in [6.45, 7) is 7.72. The number of amides is 2. The van der Waals surface area contributed by atoms with Crippen molar-refractivity contribution in [3.8, 4) is 0 Å². The van der Waals surface area contributed by atoms with Crippen LogP contribution in [0.4, 0.5) is 4.79 Å². The SMILES string of the molecule is CC(C)Cn1ccnc1CNC(=O)N1C[C@@H]2CCC[C@H]2C1. The van der Waals surface area contributed by atoms with Gasteiger partial charge in [0, 0.05) is 32.0 Å². The van der Waals surface area contributed by atoms with Crippen LogP contribution >= 0.6 is 0 Å². The molecule has 1 saturated heterocycles. The molecule has 0 bridgehead atoms. The maximum absolute atomic E-state index is 12.3. The number of hydrogen-bond donors (Lipinski definition) is 1. The second-order valence-corrected chi connectivity index (χ2v) is 6.90. The molecule has 0 radical (unpaired) electrons. The summed E-state index contributed by atoms with van der Waals surface area (Å²) in [5, 5.41) is 3.03. The number of fused-ring (bicyclic) bond motifs is 1. The summed E-state index contributed by atoms with van der Waals surface area (Å²) in [5.74, 6) is 3.01. The van der Waals surface area contributed by atoms with Gasteiger partial charge in [0.2, 0.25) is 0 Å². The number of urea groups is 1. The first-order chi connectivity index (χ1) is 10.1. The number of aromatic nitrogens is 2. The van der Waals surface area contributed by atoms with E-state index in [-0.39, 0.29) is 6.03 Å². The summed E-state index contributed by atoms with van der Waals surface area (Å²) in [6.07, 6.45) is 7.74. The molecule has 2 heterocycles. The molecule has 3 rings (SSSR count). The summed E-state index contributed by atoms with van der Waals surface area (Å²) in [5.41, 5.74) is 0. The average Bonchev–Trinajstić information content (AvgIpc) is 3.09. The zero-order valence-corrected chi connectivity index (χ0v) is 13.1. The molecule has 1 aliphatic heterocycles. The van der Waals surface area contributed by atoms with Crippen LogP contribution in [-0.2, 0) is 13.1 Å². The van der Waals surface area contributed by atoms with Crippen molar-refractivity contribution in [1.82, 2.24) is 19.8 Å². The Hall–Kier alpha value is -1.52. The summed E-state index contributed by atoms with van der Waals surface area (Å²) < 4.78 is 2.13. The predicted octanol–water partition coefficient (Wildman–Crippen LogP) is 2.48. The number of hydrogen-bond acceptors (Lipinski definition) is 2. The molecule has 1 aliphatic carbocycles. The van der Waals surface area contributed by atoms with Gasteiger partial charge in [-0.25, -0.2) is 9.78 Å². The molecule has 21 heavy (non-hydrogen) atoms. The molecule has 1 N–H and O–H groups in total. The van der Waals surface area contributed by atoms with Crippen molar-refractivity contribution in [2.45, 2.75) is 46.2 Å². The van der Waals surface area contributed by atoms with Crippen LogP contribution in [0.2, 0.25) is 0 Å². The molecule has 2 aliphatic rings. The lowest BCUT2D eigenvalue weighted by Gasteiger charge is -2.18. The van der Waals surface area contributed by atoms with Gasteiger partial charge in [-0.3, -0.25) is 0 Å². The molecule has 2 fully saturated rings. The lowest BCUT2D eigenvalue weighted by molar-refractivity contribution is 0.204. The van der Waals surface area contributed by atoms with Crippen LogP contribution in [0.3, 0.4) is 0 Å². The Bertz CT molecular complexity index is 484. The van der Waals surface area contributed by atoms with E-state index in [1.165, 1.54) is 19.3 Å². The van der Waals surface area contributed by atoms with Crippen LogP contribution in [0, 0.1) is 17.8 Å². The van der Waals surface area contributed by atoms with Gasteiger partial charge in [0.05, 0.1) is 6.54 Å². The topological polar surface area (TPSA) is 50.2 Å². The van der Waals surface area contributed by atoms with E-state index in [2.05, 4.69) is 28.7 Å². The van der Waals surface area contributed by atoms with Gasteiger partial charge in [0.15, 0.2) is 0 Å². The molecule has 5 heteroatoms. The Kier molecular flexibility index (Phi) is 4.17. The van der Waals surface area contributed by atoms with Crippen molar-refractivity contribution in [2.24, 2.45) is 17.8 Å². The van der Waals surface area contributed by atoms with Crippen LogP contribution in [0.1, 0.15) is 38.9 Å². The number of nitrogens with one attached hydrogen (secondary N) is 1. The maximum atomic E-state index is 12.3. The molecule has 0 aromatic carbocycles. The molecule has 2 amide bonds. The van der Waals surface area contributed by atoms with Gasteiger partial charge in [-0.15, -0.1) is 0 Å². The normalized spacial score (nSPS) is 24.6. The van der Waals surface area contributed by atoms with E-state index in [1.807, 2.05) is 17.3 Å². The van der Waals surface area contributed by atoms with Crippen molar-refractivity contribution in [1.29, 1.82) is 0 Å². The fourth-order valence-electron chi connectivity index (χ4n) is 3.73. The van der Waals surface area contributed by atoms with Crippen LogP contribution in [-0.4, -0.2) is 33.6 Å². The summed E-state index contributed by atoms with van der Waals surface area (Å²) in [4.78, 5) is 18.6. The van der Waals surface area contributed by atoms with Crippen molar-refractivity contribution in [3.05, 3.63) is 18.2 Å². The van der Waals surface area contributed by atoms with Gasteiger partial charge in [-0.05, 0) is 30.6 Å². The minimum atomic E-state index is 0.0727. The van der Waals surface area contributed by atoms with Crippen molar-refractivity contribution >= 4 is 6.03 Å². The molecular weight excluding hydrogens is 264 g/mol. The summed E-state index contributed by atoms with van der Waals surface area (Å²) in [6, 6.07) is 0.0727. The highest BCUT2D eigenvalue weighted by molar-refractivity contribution is 5.74. The Morgan fingerprint density at radius 1 is 1.38 bits per heavy atom. The lowest BCUT2D eigenvalue weighted by Crippen LogP contribution is -2.39. The lowest BCUT2D eigenvalue weighted by atomic mass is 10.0. The Labute approximate surface area is 126 Å². The predicted molar refractivity (Wildman–Crippen MR) is 81.7 cm³/mol. The van der Waals surface area contributed by atoms with E-state index in [0.29, 0.717) is 12.5 Å².